The summed E-state index contributed by atoms with van der Waals surface area (Å²) in [7, 11) is 0. The molecule has 5 aliphatic carbocycles. The Morgan fingerprint density at radius 3 is 1.30 bits per heavy atom. The minimum absolute atomic E-state index is 0.0565. The van der Waals surface area contributed by atoms with E-state index in [4.69, 9.17) is 34.5 Å². The summed E-state index contributed by atoms with van der Waals surface area (Å²) in [5.74, 6) is 2.06. The van der Waals surface area contributed by atoms with Crippen molar-refractivity contribution in [1.82, 2.24) is 65.0 Å². The average Bonchev–Trinajstić information content (AvgIpc) is 1.64. The van der Waals surface area contributed by atoms with Gasteiger partial charge in [0.05, 0.1) is 68.3 Å². The lowest BCUT2D eigenvalue weighted by molar-refractivity contribution is 0.0795. The van der Waals surface area contributed by atoms with Crippen LogP contribution < -0.4 is 60.2 Å². The fourth-order valence-electron chi connectivity index (χ4n) is 18.9. The molecule has 1 aliphatic heterocycles. The van der Waals surface area contributed by atoms with Crippen LogP contribution in [0.2, 0.25) is 5.02 Å². The smallest absolute Gasteiger partial charge is 0.274 e. The van der Waals surface area contributed by atoms with E-state index in [-0.39, 0.29) is 35.7 Å². The van der Waals surface area contributed by atoms with Gasteiger partial charge in [-0.05, 0) is 349 Å². The van der Waals surface area contributed by atoms with Gasteiger partial charge in [-0.15, -0.1) is 0 Å². The van der Waals surface area contributed by atoms with Crippen LogP contribution >= 0.6 is 11.6 Å². The van der Waals surface area contributed by atoms with Gasteiger partial charge in [-0.2, -0.15) is 20.4 Å². The van der Waals surface area contributed by atoms with E-state index < -0.39 is 5.60 Å². The second kappa shape index (κ2) is 46.6. The molecular formula is C117H130ClN21O5. The second-order valence-electron chi connectivity index (χ2n) is 39.2. The maximum absolute atomic E-state index is 13.6. The van der Waals surface area contributed by atoms with Crippen molar-refractivity contribution in [2.75, 3.05) is 54.0 Å². The number of hydrogen-bond acceptors (Lipinski definition) is 18. The molecule has 5 aromatic heterocycles. The predicted octanol–water partition coefficient (Wildman–Crippen LogP) is 20.0. The summed E-state index contributed by atoms with van der Waals surface area (Å²) in [6.07, 6.45) is 21.3. The Bertz CT molecular complexity index is 6950. The number of carbonyl (C=O) groups is 4. The molecule has 26 nitrogen and oxygen atoms in total. The number of aliphatic hydroxyl groups is 1. The van der Waals surface area contributed by atoms with Crippen LogP contribution in [0, 0.1) is 45.4 Å². The first-order valence-corrected chi connectivity index (χ1v) is 51.0. The molecule has 740 valence electrons. The number of aromatic nitrogens is 9. The Balaban J connectivity index is 0.000000126. The third kappa shape index (κ3) is 26.0. The van der Waals surface area contributed by atoms with Crippen LogP contribution in [0.5, 0.6) is 0 Å². The van der Waals surface area contributed by atoms with Crippen LogP contribution in [0.25, 0.3) is 22.7 Å². The Morgan fingerprint density at radius 2 is 0.833 bits per heavy atom. The van der Waals surface area contributed by atoms with Crippen LogP contribution in [0.1, 0.15) is 245 Å². The Morgan fingerprint density at radius 1 is 0.403 bits per heavy atom. The number of nitrogens with zero attached hydrogens (tertiary/aromatic N) is 10. The van der Waals surface area contributed by atoms with Crippen molar-refractivity contribution in [1.29, 1.82) is 0 Å². The molecule has 1 saturated heterocycles. The van der Waals surface area contributed by atoms with Gasteiger partial charge in [-0.1, -0.05) is 176 Å². The van der Waals surface area contributed by atoms with Gasteiger partial charge in [0.25, 0.3) is 23.6 Å². The first-order chi connectivity index (χ1) is 70.1. The molecular weight excluding hydrogens is 1810 g/mol. The van der Waals surface area contributed by atoms with Crippen molar-refractivity contribution in [3.8, 4) is 22.7 Å². The number of carbonyl (C=O) groups excluding carboxylic acids is 4. The minimum Gasteiger partial charge on any atom is -0.379 e. The van der Waals surface area contributed by atoms with Crippen molar-refractivity contribution in [2.45, 2.75) is 179 Å². The lowest BCUT2D eigenvalue weighted by atomic mass is 9.86. The third-order valence-electron chi connectivity index (χ3n) is 27.5. The van der Waals surface area contributed by atoms with Crippen molar-refractivity contribution < 1.29 is 24.3 Å². The first-order valence-electron chi connectivity index (χ1n) is 50.7. The van der Waals surface area contributed by atoms with Crippen molar-refractivity contribution in [3.63, 3.8) is 0 Å². The number of nitrogens with two attached hydrogens (primary N) is 4. The number of nitrogens with one attached hydrogen (secondary N) is 7. The zero-order chi connectivity index (χ0) is 99.7. The van der Waals surface area contributed by atoms with Crippen LogP contribution in [-0.4, -0.2) is 117 Å². The number of halogens is 1. The summed E-state index contributed by atoms with van der Waals surface area (Å²) in [6, 6.07) is 91.6. The third-order valence-corrected chi connectivity index (χ3v) is 27.8. The molecule has 0 bridgehead atoms. The van der Waals surface area contributed by atoms with E-state index >= 15 is 0 Å². The number of likely N-dealkylation sites (tertiary alicyclic amines) is 1. The van der Waals surface area contributed by atoms with Crippen molar-refractivity contribution in [3.05, 3.63) is 409 Å². The lowest BCUT2D eigenvalue weighted by Gasteiger charge is -2.30. The molecule has 21 rings (SSSR count). The summed E-state index contributed by atoms with van der Waals surface area (Å²) in [5.41, 5.74) is 45.5. The zero-order valence-electron chi connectivity index (χ0n) is 82.3. The molecule has 16 N–H and O–H groups in total. The van der Waals surface area contributed by atoms with E-state index in [1.807, 2.05) is 228 Å². The molecule has 6 heterocycles. The van der Waals surface area contributed by atoms with Crippen LogP contribution in [0.4, 0.5) is 22.7 Å². The van der Waals surface area contributed by atoms with E-state index in [1.165, 1.54) is 112 Å². The minimum atomic E-state index is -1.23. The number of hydrogen-bond donors (Lipinski definition) is 12. The molecule has 4 atom stereocenters. The molecule has 27 heteroatoms. The molecule has 15 aromatic rings. The van der Waals surface area contributed by atoms with E-state index in [2.05, 4.69) is 140 Å². The summed E-state index contributed by atoms with van der Waals surface area (Å²) in [5, 5.41) is 53.9. The molecule has 4 unspecified atom stereocenters. The van der Waals surface area contributed by atoms with Crippen molar-refractivity contribution >= 4 is 58.0 Å². The second-order valence-corrected chi connectivity index (χ2v) is 39.6. The number of rotatable bonds is 37. The monoisotopic (exact) mass is 1940 g/mol. The van der Waals surface area contributed by atoms with Crippen molar-refractivity contribution in [2.24, 2.45) is 40.7 Å². The summed E-state index contributed by atoms with van der Waals surface area (Å²) < 4.78 is 6.68. The van der Waals surface area contributed by atoms with E-state index in [1.54, 1.807) is 37.1 Å². The SMILES string of the molecule is Cc1cc(C(=O)Nc2cc(C(NCC3CC3)c3cccnc3)ccc2Cl)n(-c2cccc(CN)c2)n1.Cc1cc(C(=O)Nc2cc(C3CC3)cc(C(NCC3CC3)c3ccccc3)c2)n(-c2cccc(CN)c2)n1.Cc1cc(C(=O)Nc2cccc(C(CCC3CC3)N3CCCC3)c2)n(-c2cccc(CN)c2)n1.Cc1cc(C(=O)Nc2cccc(C(O)(CNC3CC3)c3ccccc3)c2)n(-c2cccc(CN)c2)n1. The lowest BCUT2D eigenvalue weighted by Crippen LogP contribution is -2.40. The van der Waals surface area contributed by atoms with Gasteiger partial charge in [0.15, 0.2) is 0 Å². The molecule has 10 aromatic carbocycles. The highest BCUT2D eigenvalue weighted by Crippen LogP contribution is 2.45. The highest BCUT2D eigenvalue weighted by molar-refractivity contribution is 6.34. The zero-order valence-corrected chi connectivity index (χ0v) is 83.1. The highest BCUT2D eigenvalue weighted by atomic mass is 35.5. The summed E-state index contributed by atoms with van der Waals surface area (Å²) in [6.45, 7) is 13.9. The number of benzene rings is 10. The van der Waals surface area contributed by atoms with Gasteiger partial charge in [0.2, 0.25) is 0 Å². The molecule has 6 aliphatic rings. The molecule has 0 spiro atoms. The molecule has 4 amide bonds. The predicted molar refractivity (Wildman–Crippen MR) is 571 cm³/mol. The van der Waals surface area contributed by atoms with Gasteiger partial charge < -0.3 is 65.3 Å². The highest BCUT2D eigenvalue weighted by Gasteiger charge is 2.37. The van der Waals surface area contributed by atoms with E-state index in [0.717, 1.165) is 140 Å². The van der Waals surface area contributed by atoms with Gasteiger partial charge in [0.1, 0.15) is 28.4 Å². The van der Waals surface area contributed by atoms with Crippen LogP contribution in [0.15, 0.2) is 291 Å². The number of amides is 4. The molecule has 5 saturated carbocycles. The standard InChI is InChI=1S/C32H35N5O.C29H31N5O2.C28H29ClN6O.C28H35N5O/c1-21-14-30(37(36-21)29-9-5-6-23(15-29)19-33)32(38)35-28-17-26(24-12-13-24)16-27(18-28)31(34-20-22-10-11-22)25-7-3-2-4-8-25;1-20-15-27(34(33-20)26-12-5-7-21(16-26)18-30)28(35)32-25-11-6-10-23(17-25)29(36,19-31-24-13-14-24)22-8-3-2-4-9-22;1-18-12-26(35(34-18)23-6-2-4-20(13-23)15-30)28(36)33-25-14-21(9-10-24(25)29)27(32-16-19-7-8-19)22-5-3-11-31-17-22;1-20-16-27(33(31-20)25-9-4-6-22(17-25)19-29)28(34)30-24-8-5-7-23(18-24)26(13-12-21-10-11-21)32-14-2-3-15-32/h2-9,14-18,22,24,31,34H,10-13,19-20,33H2,1H3,(H,35,38);2-12,15-17,24,31,36H,13-14,18-19,30H2,1H3,(H,32,35);2-6,9-14,17,19,27,32H,7-8,15-16,30H2,1H3,(H,33,36);4-9,16-18,21,26H,2-3,10-15,19,29H2,1H3,(H,30,34). The van der Waals surface area contributed by atoms with E-state index in [9.17, 15) is 24.3 Å². The van der Waals surface area contributed by atoms with Gasteiger partial charge in [0, 0.05) is 74.3 Å². The normalized spacial score (nSPS) is 15.4. The van der Waals surface area contributed by atoms with Crippen LogP contribution in [-0.2, 0) is 31.8 Å². The molecule has 0 radical (unpaired) electrons. The molecule has 144 heavy (non-hydrogen) atoms. The first kappa shape index (κ1) is 100. The van der Waals surface area contributed by atoms with Gasteiger partial charge >= 0.3 is 0 Å². The van der Waals surface area contributed by atoms with Gasteiger partial charge in [-0.3, -0.25) is 29.1 Å². The molecule has 6 fully saturated rings. The fraction of sp³-hybridized carbons (Fsp3) is 0.308. The number of pyridine rings is 1. The Labute approximate surface area is 847 Å². The summed E-state index contributed by atoms with van der Waals surface area (Å²) >= 11 is 6.53. The quantitative estimate of drug-likeness (QED) is 0.0172. The Hall–Kier alpha value is -14.0. The van der Waals surface area contributed by atoms with Gasteiger partial charge in [-0.25, -0.2) is 18.7 Å². The van der Waals surface area contributed by atoms with Crippen LogP contribution in [0.3, 0.4) is 0 Å². The largest absolute Gasteiger partial charge is 0.379 e. The number of aryl methyl sites for hydroxylation is 4. The fourth-order valence-corrected chi connectivity index (χ4v) is 19.0. The average molecular weight is 1950 g/mol. The van der Waals surface area contributed by atoms with E-state index in [0.29, 0.717) is 95.5 Å². The maximum Gasteiger partial charge on any atom is 0.274 e. The maximum atomic E-state index is 13.6. The topological polar surface area (TPSA) is 364 Å². The Kier molecular flexibility index (Phi) is 32.4. The number of anilines is 4. The summed E-state index contributed by atoms with van der Waals surface area (Å²) in [4.78, 5) is 60.7.